The minimum Gasteiger partial charge on any atom is -0.355 e. The maximum atomic E-state index is 4.51. The zero-order valence-corrected chi connectivity index (χ0v) is 12.0. The number of hydrogen-bond acceptors (Lipinski definition) is 3. The summed E-state index contributed by atoms with van der Waals surface area (Å²) in [6.07, 6.45) is 3.18. The van der Waals surface area contributed by atoms with Crippen LogP contribution in [0.3, 0.4) is 0 Å². The molecular formula is C13H20BrN3. The lowest BCUT2D eigenvalue weighted by molar-refractivity contribution is 0.313. The van der Waals surface area contributed by atoms with Crippen LogP contribution in [0.4, 0.5) is 5.82 Å². The van der Waals surface area contributed by atoms with E-state index in [1.807, 2.05) is 6.20 Å². The zero-order valence-electron chi connectivity index (χ0n) is 10.4. The maximum Gasteiger partial charge on any atom is 0.128 e. The third kappa shape index (κ3) is 3.68. The van der Waals surface area contributed by atoms with E-state index in [9.17, 15) is 0 Å². The van der Waals surface area contributed by atoms with Gasteiger partial charge in [0.15, 0.2) is 0 Å². The Balaban J connectivity index is 1.96. The van der Waals surface area contributed by atoms with Crippen molar-refractivity contribution < 1.29 is 0 Å². The Labute approximate surface area is 112 Å². The van der Waals surface area contributed by atoms with E-state index in [0.29, 0.717) is 0 Å². The van der Waals surface area contributed by atoms with Crippen molar-refractivity contribution in [3.63, 3.8) is 0 Å². The molecule has 0 spiro atoms. The fraction of sp³-hybridized carbons (Fsp3) is 0.615. The predicted molar refractivity (Wildman–Crippen MR) is 76.0 cm³/mol. The SMILES string of the molecule is Cc1ccc(N2CCCN(CCBr)CC2)nc1. The monoisotopic (exact) mass is 297 g/mol. The molecule has 1 fully saturated rings. The number of nitrogens with zero attached hydrogens (tertiary/aromatic N) is 3. The van der Waals surface area contributed by atoms with Gasteiger partial charge in [0.2, 0.25) is 0 Å². The van der Waals surface area contributed by atoms with Gasteiger partial charge in [-0.1, -0.05) is 22.0 Å². The summed E-state index contributed by atoms with van der Waals surface area (Å²) in [5, 5.41) is 1.07. The zero-order chi connectivity index (χ0) is 12.1. The third-order valence-corrected chi connectivity index (χ3v) is 3.56. The fourth-order valence-electron chi connectivity index (χ4n) is 2.19. The van der Waals surface area contributed by atoms with Gasteiger partial charge < -0.3 is 9.80 Å². The molecule has 0 saturated carbocycles. The van der Waals surface area contributed by atoms with Crippen LogP contribution in [0.25, 0.3) is 0 Å². The first-order valence-corrected chi connectivity index (χ1v) is 7.37. The van der Waals surface area contributed by atoms with Crippen molar-refractivity contribution in [1.82, 2.24) is 9.88 Å². The Morgan fingerprint density at radius 1 is 1.24 bits per heavy atom. The molecule has 0 aliphatic carbocycles. The summed E-state index contributed by atoms with van der Waals surface area (Å²) < 4.78 is 0. The quantitative estimate of drug-likeness (QED) is 0.798. The van der Waals surface area contributed by atoms with Crippen LogP contribution in [0.15, 0.2) is 18.3 Å². The Bertz CT molecular complexity index is 339. The molecule has 2 rings (SSSR count). The van der Waals surface area contributed by atoms with Gasteiger partial charge in [0.25, 0.3) is 0 Å². The van der Waals surface area contributed by atoms with E-state index in [4.69, 9.17) is 0 Å². The van der Waals surface area contributed by atoms with Gasteiger partial charge in [-0.3, -0.25) is 0 Å². The van der Waals surface area contributed by atoms with Gasteiger partial charge in [-0.15, -0.1) is 0 Å². The van der Waals surface area contributed by atoms with Crippen molar-refractivity contribution >= 4 is 21.7 Å². The van der Waals surface area contributed by atoms with E-state index in [1.54, 1.807) is 0 Å². The van der Waals surface area contributed by atoms with Crippen molar-refractivity contribution in [2.75, 3.05) is 43.0 Å². The van der Waals surface area contributed by atoms with E-state index in [2.05, 4.69) is 49.8 Å². The van der Waals surface area contributed by atoms with Crippen molar-refractivity contribution in [3.05, 3.63) is 23.9 Å². The molecule has 94 valence electrons. The number of halogens is 1. The molecule has 17 heavy (non-hydrogen) atoms. The molecule has 0 amide bonds. The van der Waals surface area contributed by atoms with Gasteiger partial charge in [0.05, 0.1) is 0 Å². The van der Waals surface area contributed by atoms with Gasteiger partial charge in [0, 0.05) is 37.7 Å². The lowest BCUT2D eigenvalue weighted by Gasteiger charge is -2.22. The third-order valence-electron chi connectivity index (χ3n) is 3.21. The number of aryl methyl sites for hydroxylation is 1. The van der Waals surface area contributed by atoms with Crippen LogP contribution in [0.5, 0.6) is 0 Å². The number of aromatic nitrogens is 1. The molecule has 1 saturated heterocycles. The van der Waals surface area contributed by atoms with Gasteiger partial charge >= 0.3 is 0 Å². The molecule has 1 aliphatic rings. The standard InChI is InChI=1S/C13H20BrN3/c1-12-3-4-13(15-11-12)17-7-2-6-16(8-5-14)9-10-17/h3-4,11H,2,5-10H2,1H3. The second-order valence-corrected chi connectivity index (χ2v) is 5.36. The number of pyridine rings is 1. The summed E-state index contributed by atoms with van der Waals surface area (Å²) in [7, 11) is 0. The van der Waals surface area contributed by atoms with Crippen LogP contribution < -0.4 is 4.90 Å². The molecule has 4 heteroatoms. The number of alkyl halides is 1. The van der Waals surface area contributed by atoms with Crippen LogP contribution in [0, 0.1) is 6.92 Å². The first kappa shape index (κ1) is 12.8. The molecule has 0 atom stereocenters. The molecule has 0 unspecified atom stereocenters. The largest absolute Gasteiger partial charge is 0.355 e. The lowest BCUT2D eigenvalue weighted by atomic mass is 10.3. The first-order chi connectivity index (χ1) is 8.29. The highest BCUT2D eigenvalue weighted by atomic mass is 79.9. The van der Waals surface area contributed by atoms with Gasteiger partial charge in [-0.05, 0) is 31.5 Å². The summed E-state index contributed by atoms with van der Waals surface area (Å²) in [5.74, 6) is 1.12. The van der Waals surface area contributed by atoms with Gasteiger partial charge in [-0.25, -0.2) is 4.98 Å². The highest BCUT2D eigenvalue weighted by Crippen LogP contribution is 2.14. The molecule has 3 nitrogen and oxygen atoms in total. The normalized spacial score (nSPS) is 18.1. The molecule has 1 aromatic rings. The van der Waals surface area contributed by atoms with E-state index in [1.165, 1.54) is 18.5 Å². The van der Waals surface area contributed by atoms with E-state index < -0.39 is 0 Å². The van der Waals surface area contributed by atoms with E-state index in [-0.39, 0.29) is 0 Å². The van der Waals surface area contributed by atoms with Crippen molar-refractivity contribution in [2.24, 2.45) is 0 Å². The highest BCUT2D eigenvalue weighted by Gasteiger charge is 2.15. The van der Waals surface area contributed by atoms with E-state index >= 15 is 0 Å². The minimum absolute atomic E-state index is 1.07. The summed E-state index contributed by atoms with van der Waals surface area (Å²) >= 11 is 3.51. The van der Waals surface area contributed by atoms with Crippen molar-refractivity contribution in [1.29, 1.82) is 0 Å². The van der Waals surface area contributed by atoms with Gasteiger partial charge in [0.1, 0.15) is 5.82 Å². The summed E-state index contributed by atoms with van der Waals surface area (Å²) in [6.45, 7) is 7.78. The topological polar surface area (TPSA) is 19.4 Å². The van der Waals surface area contributed by atoms with Crippen molar-refractivity contribution in [3.8, 4) is 0 Å². The predicted octanol–water partition coefficient (Wildman–Crippen LogP) is 2.30. The van der Waals surface area contributed by atoms with E-state index in [0.717, 1.165) is 37.3 Å². The number of hydrogen-bond donors (Lipinski definition) is 0. The first-order valence-electron chi connectivity index (χ1n) is 6.25. The Kier molecular flexibility index (Phi) is 4.80. The molecular weight excluding hydrogens is 278 g/mol. The fourth-order valence-corrected chi connectivity index (χ4v) is 2.69. The molecule has 1 aromatic heterocycles. The molecule has 0 N–H and O–H groups in total. The van der Waals surface area contributed by atoms with Crippen LogP contribution in [0.1, 0.15) is 12.0 Å². The van der Waals surface area contributed by atoms with Gasteiger partial charge in [-0.2, -0.15) is 0 Å². The average molecular weight is 298 g/mol. The Hall–Kier alpha value is -0.610. The molecule has 0 aromatic carbocycles. The molecule has 0 bridgehead atoms. The molecule has 1 aliphatic heterocycles. The second-order valence-electron chi connectivity index (χ2n) is 4.56. The number of rotatable bonds is 3. The Morgan fingerprint density at radius 3 is 2.82 bits per heavy atom. The second kappa shape index (κ2) is 6.36. The van der Waals surface area contributed by atoms with Crippen LogP contribution in [-0.4, -0.2) is 47.9 Å². The van der Waals surface area contributed by atoms with Crippen molar-refractivity contribution in [2.45, 2.75) is 13.3 Å². The minimum atomic E-state index is 1.07. The molecule has 0 radical (unpaired) electrons. The van der Waals surface area contributed by atoms with Crippen LogP contribution >= 0.6 is 15.9 Å². The maximum absolute atomic E-state index is 4.51. The smallest absolute Gasteiger partial charge is 0.128 e. The summed E-state index contributed by atoms with van der Waals surface area (Å²) in [6, 6.07) is 4.28. The lowest BCUT2D eigenvalue weighted by Crippen LogP contribution is -2.32. The van der Waals surface area contributed by atoms with Crippen LogP contribution in [0.2, 0.25) is 0 Å². The highest BCUT2D eigenvalue weighted by molar-refractivity contribution is 9.09. The Morgan fingerprint density at radius 2 is 2.12 bits per heavy atom. The summed E-state index contributed by atoms with van der Waals surface area (Å²) in [5.41, 5.74) is 1.23. The molecule has 2 heterocycles. The number of anilines is 1. The average Bonchev–Trinajstić information content (AvgIpc) is 2.56. The van der Waals surface area contributed by atoms with Crippen LogP contribution in [-0.2, 0) is 0 Å². The summed E-state index contributed by atoms with van der Waals surface area (Å²) in [4.78, 5) is 9.43.